The number of alkyl halides is 3. The minimum atomic E-state index is -4.68. The fraction of sp³-hybridized carbons (Fsp3) is 0.455. The number of rotatable bonds is 8. The molecule has 3 rings (SSSR count). The number of hydrogen-bond donors (Lipinski definition) is 2. The van der Waals surface area contributed by atoms with Crippen molar-refractivity contribution in [2.75, 3.05) is 25.4 Å². The molecule has 1 aromatic rings. The first-order valence-electron chi connectivity index (χ1n) is 11.1. The first-order valence-corrected chi connectivity index (χ1v) is 13.0. The number of carbonyl (C=O) groups excluding carboxylic acids is 4. The average molecular weight is 592 g/mol. The van der Waals surface area contributed by atoms with Crippen LogP contribution in [0.4, 0.5) is 18.3 Å². The zero-order valence-electron chi connectivity index (χ0n) is 21.0. The van der Waals surface area contributed by atoms with Crippen LogP contribution in [-0.4, -0.2) is 76.6 Å². The SMILES string of the molecule is CO/N=C(/C(=O)NC1C(=O)N2C(C(=O)OCOC(=O)C(C)(C)C)=C(/C=C/C(F)(F)F)CS[C@H]12)c1csc(N)n1. The van der Waals surface area contributed by atoms with Crippen LogP contribution in [-0.2, 0) is 33.5 Å². The molecule has 1 fully saturated rings. The molecule has 0 bridgehead atoms. The summed E-state index contributed by atoms with van der Waals surface area (Å²) in [7, 11) is 1.20. The van der Waals surface area contributed by atoms with Gasteiger partial charge in [0.1, 0.15) is 29.9 Å². The summed E-state index contributed by atoms with van der Waals surface area (Å²) in [4.78, 5) is 60.3. The molecule has 3 heterocycles. The molecule has 0 saturated carbocycles. The van der Waals surface area contributed by atoms with Crippen molar-refractivity contribution >= 4 is 57.7 Å². The molecule has 2 atom stereocenters. The van der Waals surface area contributed by atoms with Crippen molar-refractivity contribution in [1.82, 2.24) is 15.2 Å². The Morgan fingerprint density at radius 1 is 1.28 bits per heavy atom. The molecule has 12 nitrogen and oxygen atoms in total. The number of amides is 2. The number of esters is 2. The number of halogens is 3. The average Bonchev–Trinajstić information content (AvgIpc) is 3.28. The summed E-state index contributed by atoms with van der Waals surface area (Å²) in [5.74, 6) is -3.60. The molecule has 2 amide bonds. The zero-order chi connectivity index (χ0) is 29.1. The number of nitrogen functional groups attached to an aromatic ring is 1. The molecule has 0 aliphatic carbocycles. The number of thiazole rings is 1. The van der Waals surface area contributed by atoms with E-state index < -0.39 is 59.2 Å². The Bertz CT molecular complexity index is 1250. The molecular weight excluding hydrogens is 567 g/mol. The van der Waals surface area contributed by atoms with Gasteiger partial charge in [-0.3, -0.25) is 19.3 Å². The van der Waals surface area contributed by atoms with Crippen LogP contribution in [0.25, 0.3) is 0 Å². The number of ether oxygens (including phenoxy) is 2. The van der Waals surface area contributed by atoms with E-state index in [1.54, 1.807) is 20.8 Å². The van der Waals surface area contributed by atoms with Crippen molar-refractivity contribution in [2.45, 2.75) is 38.4 Å². The quantitative estimate of drug-likeness (QED) is 0.150. The van der Waals surface area contributed by atoms with Gasteiger partial charge >= 0.3 is 18.1 Å². The number of fused-ring (bicyclic) bond motifs is 1. The lowest BCUT2D eigenvalue weighted by atomic mass is 9.98. The Labute approximate surface area is 228 Å². The number of aromatic nitrogens is 1. The fourth-order valence-corrected chi connectivity index (χ4v) is 5.14. The van der Waals surface area contributed by atoms with Crippen LogP contribution < -0.4 is 11.1 Å². The van der Waals surface area contributed by atoms with Crippen molar-refractivity contribution in [1.29, 1.82) is 0 Å². The molecular formula is C22H24F3N5O7S2. The van der Waals surface area contributed by atoms with Crippen LogP contribution in [0.3, 0.4) is 0 Å². The molecule has 3 N–H and O–H groups in total. The van der Waals surface area contributed by atoms with Crippen LogP contribution in [0.15, 0.2) is 34.0 Å². The van der Waals surface area contributed by atoms with Crippen LogP contribution in [0.2, 0.25) is 0 Å². The second kappa shape index (κ2) is 11.6. The van der Waals surface area contributed by atoms with Crippen LogP contribution in [0, 0.1) is 5.41 Å². The third-order valence-electron chi connectivity index (χ3n) is 5.11. The molecule has 1 unspecified atom stereocenters. The lowest BCUT2D eigenvalue weighted by molar-refractivity contribution is -0.173. The monoisotopic (exact) mass is 591 g/mol. The van der Waals surface area contributed by atoms with E-state index in [0.717, 1.165) is 28.0 Å². The number of β-lactam (4-membered cyclic amide) rings is 1. The number of thioether (sulfide) groups is 1. The zero-order valence-corrected chi connectivity index (χ0v) is 22.7. The predicted molar refractivity (Wildman–Crippen MR) is 134 cm³/mol. The van der Waals surface area contributed by atoms with Crippen molar-refractivity contribution in [3.63, 3.8) is 0 Å². The summed E-state index contributed by atoms with van der Waals surface area (Å²) in [5, 5.41) is 6.89. The second-order valence-electron chi connectivity index (χ2n) is 9.03. The minimum absolute atomic E-state index is 0.0767. The first kappa shape index (κ1) is 29.9. The number of hydrogen-bond acceptors (Lipinski definition) is 12. The molecule has 212 valence electrons. The molecule has 0 radical (unpaired) electrons. The Morgan fingerprint density at radius 2 is 1.97 bits per heavy atom. The van der Waals surface area contributed by atoms with Gasteiger partial charge in [0.25, 0.3) is 11.8 Å². The molecule has 2 aliphatic rings. The predicted octanol–water partition coefficient (Wildman–Crippen LogP) is 1.94. The van der Waals surface area contributed by atoms with Crippen molar-refractivity contribution in [3.05, 3.63) is 34.5 Å². The van der Waals surface area contributed by atoms with E-state index in [0.29, 0.717) is 6.08 Å². The summed E-state index contributed by atoms with van der Waals surface area (Å²) in [6, 6.07) is -1.16. The lowest BCUT2D eigenvalue weighted by Crippen LogP contribution is -2.71. The summed E-state index contributed by atoms with van der Waals surface area (Å²) >= 11 is 2.07. The highest BCUT2D eigenvalue weighted by molar-refractivity contribution is 8.00. The molecule has 39 heavy (non-hydrogen) atoms. The topological polar surface area (TPSA) is 163 Å². The van der Waals surface area contributed by atoms with E-state index >= 15 is 0 Å². The third-order valence-corrected chi connectivity index (χ3v) is 7.08. The van der Waals surface area contributed by atoms with E-state index in [1.165, 1.54) is 12.5 Å². The highest BCUT2D eigenvalue weighted by atomic mass is 32.2. The Morgan fingerprint density at radius 3 is 2.54 bits per heavy atom. The van der Waals surface area contributed by atoms with Gasteiger partial charge in [0, 0.05) is 17.2 Å². The van der Waals surface area contributed by atoms with E-state index in [4.69, 9.17) is 20.0 Å². The van der Waals surface area contributed by atoms with Gasteiger partial charge in [0.15, 0.2) is 10.8 Å². The van der Waals surface area contributed by atoms with Crippen LogP contribution in [0.5, 0.6) is 0 Å². The van der Waals surface area contributed by atoms with Crippen molar-refractivity contribution < 1.29 is 46.7 Å². The lowest BCUT2D eigenvalue weighted by Gasteiger charge is -2.49. The minimum Gasteiger partial charge on any atom is -0.427 e. The second-order valence-corrected chi connectivity index (χ2v) is 11.0. The number of allylic oxidation sites excluding steroid dienone is 2. The summed E-state index contributed by atoms with van der Waals surface area (Å²) in [5.41, 5.74) is 3.95. The normalized spacial score (nSPS) is 19.9. The smallest absolute Gasteiger partial charge is 0.409 e. The van der Waals surface area contributed by atoms with E-state index in [1.807, 2.05) is 0 Å². The number of nitrogens with two attached hydrogens (primary N) is 1. The maximum atomic E-state index is 13.0. The van der Waals surface area contributed by atoms with Gasteiger partial charge in [0.05, 0.1) is 5.41 Å². The third kappa shape index (κ3) is 7.08. The van der Waals surface area contributed by atoms with Gasteiger partial charge in [-0.25, -0.2) is 9.78 Å². The van der Waals surface area contributed by atoms with Gasteiger partial charge in [0.2, 0.25) is 6.79 Å². The highest BCUT2D eigenvalue weighted by Gasteiger charge is 2.54. The fourth-order valence-electron chi connectivity index (χ4n) is 3.28. The Hall–Kier alpha value is -3.60. The van der Waals surface area contributed by atoms with Crippen LogP contribution >= 0.6 is 23.1 Å². The largest absolute Gasteiger partial charge is 0.427 e. The highest BCUT2D eigenvalue weighted by Crippen LogP contribution is 2.41. The number of nitrogens with zero attached hydrogens (tertiary/aromatic N) is 3. The Balaban J connectivity index is 1.81. The van der Waals surface area contributed by atoms with Crippen molar-refractivity contribution in [3.8, 4) is 0 Å². The van der Waals surface area contributed by atoms with Crippen molar-refractivity contribution in [2.24, 2.45) is 10.6 Å². The summed E-state index contributed by atoms with van der Waals surface area (Å²) in [6.07, 6.45) is -4.10. The van der Waals surface area contributed by atoms with Gasteiger partial charge in [-0.15, -0.1) is 23.1 Å². The van der Waals surface area contributed by atoms with E-state index in [-0.39, 0.29) is 33.9 Å². The first-order chi connectivity index (χ1) is 18.1. The molecule has 0 spiro atoms. The number of carbonyl (C=O) groups is 4. The maximum Gasteiger partial charge on any atom is 0.409 e. The van der Waals surface area contributed by atoms with E-state index in [2.05, 4.69) is 15.5 Å². The number of anilines is 1. The van der Waals surface area contributed by atoms with Gasteiger partial charge in [-0.1, -0.05) is 11.2 Å². The molecule has 17 heteroatoms. The van der Waals surface area contributed by atoms with E-state index in [9.17, 15) is 32.3 Å². The molecule has 0 aromatic carbocycles. The number of oxime groups is 1. The van der Waals surface area contributed by atoms with Gasteiger partial charge in [-0.2, -0.15) is 13.2 Å². The maximum absolute atomic E-state index is 13.0. The summed E-state index contributed by atoms with van der Waals surface area (Å²) in [6.45, 7) is 3.90. The Kier molecular flexibility index (Phi) is 8.94. The van der Waals surface area contributed by atoms with Gasteiger partial charge < -0.3 is 25.4 Å². The molecule has 2 aliphatic heterocycles. The van der Waals surface area contributed by atoms with Crippen LogP contribution in [0.1, 0.15) is 26.5 Å². The molecule has 1 saturated heterocycles. The number of nitrogens with one attached hydrogen (secondary N) is 1. The molecule has 1 aromatic heterocycles. The standard InChI is InChI=1S/C22H24F3N5O7S2/c1-21(2,3)19(34)37-9-36-18(33)14-10(5-6-22(23,24)25)7-38-17-13(16(32)30(14)17)28-15(31)12(29-35-4)11-8-39-20(26)27-11/h5-6,8,13,17H,7,9H2,1-4H3,(H2,26,27)(H,28,31)/b6-5+,29-12+/t13?,17-/m1/s1. The summed E-state index contributed by atoms with van der Waals surface area (Å²) < 4.78 is 48.4. The van der Waals surface area contributed by atoms with Gasteiger partial charge in [-0.05, 0) is 26.3 Å².